The highest BCUT2D eigenvalue weighted by Crippen LogP contribution is 2.24. The Morgan fingerprint density at radius 3 is 2.50 bits per heavy atom. The topological polar surface area (TPSA) is 62.8 Å². The second-order valence-electron chi connectivity index (χ2n) is 3.15. The number of nitrogen functional groups attached to an aromatic ring is 1. The molecule has 3 N–H and O–H groups in total. The molecule has 0 bridgehead atoms. The molecular weight excluding hydrogens is 219 g/mol. The van der Waals surface area contributed by atoms with Crippen molar-refractivity contribution in [1.29, 1.82) is 5.41 Å². The molecule has 2 rings (SSSR count). The first-order valence-corrected chi connectivity index (χ1v) is 4.29. The molecule has 0 saturated heterocycles. The van der Waals surface area contributed by atoms with Gasteiger partial charge in [-0.15, -0.1) is 0 Å². The molecule has 0 atom stereocenters. The van der Waals surface area contributed by atoms with E-state index in [0.717, 1.165) is 6.07 Å². The van der Waals surface area contributed by atoms with Crippen molar-refractivity contribution < 1.29 is 13.2 Å². The van der Waals surface area contributed by atoms with Crippen molar-refractivity contribution in [3.63, 3.8) is 0 Å². The van der Waals surface area contributed by atoms with Crippen molar-refractivity contribution in [3.8, 4) is 0 Å². The molecule has 0 spiro atoms. The number of aromatic nitrogens is 1. The summed E-state index contributed by atoms with van der Waals surface area (Å²) >= 11 is 0. The largest absolute Gasteiger partial charge is 0.382 e. The van der Waals surface area contributed by atoms with E-state index >= 15 is 0 Å². The fourth-order valence-electron chi connectivity index (χ4n) is 1.44. The van der Waals surface area contributed by atoms with Gasteiger partial charge in [0, 0.05) is 17.0 Å². The highest BCUT2D eigenvalue weighted by atomic mass is 19.2. The Bertz CT molecular complexity index is 595. The number of hydrogen-bond acceptors (Lipinski definition) is 2. The quantitative estimate of drug-likeness (QED) is 0.442. The highest BCUT2D eigenvalue weighted by molar-refractivity contribution is 6.05. The Morgan fingerprint density at radius 2 is 1.88 bits per heavy atom. The summed E-state index contributed by atoms with van der Waals surface area (Å²) in [6.45, 7) is 0. The zero-order valence-corrected chi connectivity index (χ0v) is 7.89. The minimum atomic E-state index is -1.55. The van der Waals surface area contributed by atoms with Gasteiger partial charge in [-0.3, -0.25) is 10.4 Å². The lowest BCUT2D eigenvalue weighted by atomic mass is 10.1. The molecule has 1 aromatic heterocycles. The predicted octanol–water partition coefficient (Wildman–Crippen LogP) is 1.94. The number of hydrogen-bond donors (Lipinski definition) is 2. The van der Waals surface area contributed by atoms with Crippen LogP contribution in [-0.4, -0.2) is 10.8 Å². The molecule has 0 unspecified atom stereocenters. The minimum absolute atomic E-state index is 0.0219. The van der Waals surface area contributed by atoms with E-state index in [1.54, 1.807) is 0 Å². The fraction of sp³-hybridized carbons (Fsp3) is 0. The van der Waals surface area contributed by atoms with Crippen LogP contribution in [0.2, 0.25) is 0 Å². The van der Waals surface area contributed by atoms with Crippen LogP contribution in [-0.2, 0) is 0 Å². The van der Waals surface area contributed by atoms with Crippen molar-refractivity contribution >= 4 is 16.6 Å². The molecule has 0 saturated carbocycles. The van der Waals surface area contributed by atoms with Gasteiger partial charge in [0.25, 0.3) is 0 Å². The van der Waals surface area contributed by atoms with Gasteiger partial charge in [-0.05, 0) is 12.1 Å². The van der Waals surface area contributed by atoms with Gasteiger partial charge in [0.05, 0.1) is 0 Å². The molecule has 0 aliphatic rings. The lowest BCUT2D eigenvalue weighted by Crippen LogP contribution is -2.14. The summed E-state index contributed by atoms with van der Waals surface area (Å²) in [5, 5.41) is 7.01. The zero-order valence-electron chi connectivity index (χ0n) is 7.89. The third-order valence-corrected chi connectivity index (χ3v) is 2.16. The van der Waals surface area contributed by atoms with Gasteiger partial charge >= 0.3 is 0 Å². The molecule has 82 valence electrons. The smallest absolute Gasteiger partial charge is 0.195 e. The molecule has 0 fully saturated rings. The standard InChI is InChI=1S/C10H6F3N3/c11-6-3-5-4(7(12)8(6)13)1-2-16-9(5)10(14)15/h1-3H,(H3,14,15). The van der Waals surface area contributed by atoms with Crippen LogP contribution < -0.4 is 5.73 Å². The molecule has 1 heterocycles. The zero-order chi connectivity index (χ0) is 11.9. The van der Waals surface area contributed by atoms with Crippen LogP contribution in [0.5, 0.6) is 0 Å². The summed E-state index contributed by atoms with van der Waals surface area (Å²) in [7, 11) is 0. The van der Waals surface area contributed by atoms with Crippen LogP contribution in [0.3, 0.4) is 0 Å². The minimum Gasteiger partial charge on any atom is -0.382 e. The van der Waals surface area contributed by atoms with Gasteiger partial charge < -0.3 is 5.73 Å². The summed E-state index contributed by atoms with van der Waals surface area (Å²) in [5.41, 5.74) is 5.13. The van der Waals surface area contributed by atoms with E-state index in [1.165, 1.54) is 12.3 Å². The molecule has 3 nitrogen and oxygen atoms in total. The van der Waals surface area contributed by atoms with E-state index in [0.29, 0.717) is 0 Å². The fourth-order valence-corrected chi connectivity index (χ4v) is 1.44. The highest BCUT2D eigenvalue weighted by Gasteiger charge is 2.16. The van der Waals surface area contributed by atoms with Crippen molar-refractivity contribution in [3.05, 3.63) is 41.5 Å². The maximum Gasteiger partial charge on any atom is 0.195 e. The van der Waals surface area contributed by atoms with Crippen LogP contribution in [0.4, 0.5) is 13.2 Å². The number of halogens is 3. The Kier molecular flexibility index (Phi) is 2.26. The number of nitrogens with zero attached hydrogens (tertiary/aromatic N) is 1. The maximum atomic E-state index is 13.3. The Balaban J connectivity index is 2.95. The van der Waals surface area contributed by atoms with Crippen molar-refractivity contribution in [2.75, 3.05) is 0 Å². The first-order valence-electron chi connectivity index (χ1n) is 4.29. The van der Waals surface area contributed by atoms with E-state index < -0.39 is 23.3 Å². The van der Waals surface area contributed by atoms with Gasteiger partial charge in [-0.1, -0.05) is 0 Å². The summed E-state index contributed by atoms with van der Waals surface area (Å²) in [5.74, 6) is -4.62. The molecule has 0 aliphatic carbocycles. The number of rotatable bonds is 1. The normalized spacial score (nSPS) is 10.7. The number of nitrogens with two attached hydrogens (primary N) is 1. The molecular formula is C10H6F3N3. The number of fused-ring (bicyclic) bond motifs is 1. The van der Waals surface area contributed by atoms with Gasteiger partial charge in [0.2, 0.25) is 0 Å². The van der Waals surface area contributed by atoms with Gasteiger partial charge in [-0.2, -0.15) is 0 Å². The van der Waals surface area contributed by atoms with E-state index in [1.807, 2.05) is 0 Å². The van der Waals surface area contributed by atoms with E-state index in [9.17, 15) is 13.2 Å². The lowest BCUT2D eigenvalue weighted by Gasteiger charge is -2.05. The number of amidine groups is 1. The van der Waals surface area contributed by atoms with Crippen LogP contribution >= 0.6 is 0 Å². The first kappa shape index (κ1) is 10.4. The molecule has 0 aliphatic heterocycles. The van der Waals surface area contributed by atoms with Crippen molar-refractivity contribution in [2.45, 2.75) is 0 Å². The first-order chi connectivity index (χ1) is 7.52. The summed E-state index contributed by atoms with van der Waals surface area (Å²) in [4.78, 5) is 3.71. The summed E-state index contributed by atoms with van der Waals surface area (Å²) in [6.07, 6.45) is 1.18. The van der Waals surface area contributed by atoms with Crippen molar-refractivity contribution in [2.24, 2.45) is 5.73 Å². The summed E-state index contributed by atoms with van der Waals surface area (Å²) in [6, 6.07) is 1.97. The molecule has 0 amide bonds. The van der Waals surface area contributed by atoms with Crippen LogP contribution in [0.1, 0.15) is 5.69 Å². The molecule has 1 aromatic carbocycles. The number of pyridine rings is 1. The third-order valence-electron chi connectivity index (χ3n) is 2.16. The second kappa shape index (κ2) is 3.48. The van der Waals surface area contributed by atoms with Crippen molar-refractivity contribution in [1.82, 2.24) is 4.98 Å². The van der Waals surface area contributed by atoms with E-state index in [2.05, 4.69) is 4.98 Å². The third kappa shape index (κ3) is 1.39. The number of benzene rings is 1. The SMILES string of the molecule is N=C(N)c1nccc2c(F)c(F)c(F)cc12. The molecule has 2 aromatic rings. The average molecular weight is 225 g/mol. The Labute approximate surface area is 88.2 Å². The molecule has 0 radical (unpaired) electrons. The Morgan fingerprint density at radius 1 is 1.19 bits per heavy atom. The monoisotopic (exact) mass is 225 g/mol. The van der Waals surface area contributed by atoms with Gasteiger partial charge in [-0.25, -0.2) is 13.2 Å². The van der Waals surface area contributed by atoms with Crippen LogP contribution in [0.15, 0.2) is 18.3 Å². The Hall–Kier alpha value is -2.11. The maximum absolute atomic E-state index is 13.3. The molecule has 16 heavy (non-hydrogen) atoms. The second-order valence-corrected chi connectivity index (χ2v) is 3.15. The average Bonchev–Trinajstić information content (AvgIpc) is 2.25. The molecule has 6 heteroatoms. The number of nitrogens with one attached hydrogen (secondary N) is 1. The predicted molar refractivity (Wildman–Crippen MR) is 52.6 cm³/mol. The van der Waals surface area contributed by atoms with Crippen LogP contribution in [0, 0.1) is 22.9 Å². The van der Waals surface area contributed by atoms with Gasteiger partial charge in [0.1, 0.15) is 11.5 Å². The van der Waals surface area contributed by atoms with Crippen LogP contribution in [0.25, 0.3) is 10.8 Å². The van der Waals surface area contributed by atoms with E-state index in [-0.39, 0.29) is 16.5 Å². The lowest BCUT2D eigenvalue weighted by molar-refractivity contribution is 0.453. The summed E-state index contributed by atoms with van der Waals surface area (Å²) < 4.78 is 39.3. The van der Waals surface area contributed by atoms with Gasteiger partial charge in [0.15, 0.2) is 17.5 Å². The van der Waals surface area contributed by atoms with E-state index in [4.69, 9.17) is 11.1 Å².